The molecule has 0 aromatic heterocycles. The summed E-state index contributed by atoms with van der Waals surface area (Å²) in [6.07, 6.45) is 13.3. The zero-order valence-corrected chi connectivity index (χ0v) is 20.3. The summed E-state index contributed by atoms with van der Waals surface area (Å²) >= 11 is 0. The molecule has 0 spiro atoms. The van der Waals surface area contributed by atoms with E-state index in [1.165, 1.54) is 29.5 Å². The standard InChI is InChI=1S/C30H36O4/c1-3-5-21(4-2)29-16-25(12-15-30(29)34-20-28-19-33-28)24-8-6-22(7-9-24)23-10-13-26(14-11-23)31-17-27-18-32-27/h6-16,21-22,24,27-28H,3-5,17-20H2,1-2H3. The third kappa shape index (κ3) is 5.92. The maximum atomic E-state index is 6.17. The molecule has 2 aliphatic heterocycles. The van der Waals surface area contributed by atoms with E-state index >= 15 is 0 Å². The third-order valence-corrected chi connectivity index (χ3v) is 6.97. The zero-order chi connectivity index (χ0) is 23.3. The van der Waals surface area contributed by atoms with E-state index in [4.69, 9.17) is 18.9 Å². The monoisotopic (exact) mass is 460 g/mol. The lowest BCUT2D eigenvalue weighted by Gasteiger charge is -2.23. The van der Waals surface area contributed by atoms with Crippen molar-refractivity contribution in [3.8, 4) is 11.5 Å². The SMILES string of the molecule is CCCC(CC)c1cc(C2C=CC(c3ccc(OCC4CO4)cc3)C=C2)ccc1OCC1CO1. The predicted molar refractivity (Wildman–Crippen MR) is 135 cm³/mol. The summed E-state index contributed by atoms with van der Waals surface area (Å²) in [7, 11) is 0. The maximum absolute atomic E-state index is 6.17. The maximum Gasteiger partial charge on any atom is 0.122 e. The quantitative estimate of drug-likeness (QED) is 0.267. The fourth-order valence-electron chi connectivity index (χ4n) is 4.69. The molecule has 1 aliphatic carbocycles. The first-order chi connectivity index (χ1) is 16.7. The van der Waals surface area contributed by atoms with E-state index in [2.05, 4.69) is 80.6 Å². The molecule has 0 radical (unpaired) electrons. The minimum Gasteiger partial charge on any atom is -0.491 e. The lowest BCUT2D eigenvalue weighted by Crippen LogP contribution is -2.09. The van der Waals surface area contributed by atoms with E-state index in [1.807, 2.05) is 0 Å². The lowest BCUT2D eigenvalue weighted by atomic mass is 9.84. The van der Waals surface area contributed by atoms with Crippen molar-refractivity contribution in [2.45, 2.75) is 63.1 Å². The number of hydrogen-bond acceptors (Lipinski definition) is 4. The van der Waals surface area contributed by atoms with Gasteiger partial charge in [-0.2, -0.15) is 0 Å². The van der Waals surface area contributed by atoms with Crippen molar-refractivity contribution in [2.24, 2.45) is 0 Å². The summed E-state index contributed by atoms with van der Waals surface area (Å²) < 4.78 is 22.5. The molecule has 3 atom stereocenters. The molecule has 4 heteroatoms. The summed E-state index contributed by atoms with van der Waals surface area (Å²) in [4.78, 5) is 0. The first-order valence-corrected chi connectivity index (χ1v) is 12.8. The first kappa shape index (κ1) is 23.2. The van der Waals surface area contributed by atoms with Gasteiger partial charge in [0.05, 0.1) is 13.2 Å². The molecule has 0 bridgehead atoms. The van der Waals surface area contributed by atoms with Crippen molar-refractivity contribution in [1.29, 1.82) is 0 Å². The fraction of sp³-hybridized carbons (Fsp3) is 0.467. The third-order valence-electron chi connectivity index (χ3n) is 6.97. The first-order valence-electron chi connectivity index (χ1n) is 12.8. The molecular weight excluding hydrogens is 424 g/mol. The van der Waals surface area contributed by atoms with Crippen LogP contribution in [0.4, 0.5) is 0 Å². The number of benzene rings is 2. The van der Waals surface area contributed by atoms with Crippen molar-refractivity contribution in [1.82, 2.24) is 0 Å². The van der Waals surface area contributed by atoms with Gasteiger partial charge >= 0.3 is 0 Å². The second-order valence-corrected chi connectivity index (χ2v) is 9.61. The van der Waals surface area contributed by atoms with Crippen molar-refractivity contribution >= 4 is 0 Å². The predicted octanol–water partition coefficient (Wildman–Crippen LogP) is 6.53. The van der Waals surface area contributed by atoms with Crippen LogP contribution in [0.2, 0.25) is 0 Å². The van der Waals surface area contributed by atoms with Crippen LogP contribution < -0.4 is 9.47 Å². The molecule has 0 N–H and O–H groups in total. The highest BCUT2D eigenvalue weighted by molar-refractivity contribution is 5.45. The van der Waals surface area contributed by atoms with E-state index in [1.54, 1.807) is 0 Å². The van der Waals surface area contributed by atoms with Crippen molar-refractivity contribution in [3.05, 3.63) is 83.5 Å². The van der Waals surface area contributed by atoms with Crippen LogP contribution >= 0.6 is 0 Å². The van der Waals surface area contributed by atoms with Crippen LogP contribution in [0, 0.1) is 0 Å². The Kier molecular flexibility index (Phi) is 7.36. The Morgan fingerprint density at radius 1 is 0.794 bits per heavy atom. The van der Waals surface area contributed by atoms with Crippen molar-refractivity contribution < 1.29 is 18.9 Å². The summed E-state index contributed by atoms with van der Waals surface area (Å²) in [5.74, 6) is 3.03. The number of rotatable bonds is 12. The Hall–Kier alpha value is -2.56. The molecule has 2 saturated heterocycles. The van der Waals surface area contributed by atoms with Gasteiger partial charge in [0.15, 0.2) is 0 Å². The van der Waals surface area contributed by atoms with Gasteiger partial charge in [-0.15, -0.1) is 0 Å². The Balaban J connectivity index is 1.27. The molecule has 2 aromatic rings. The van der Waals surface area contributed by atoms with Gasteiger partial charge in [-0.05, 0) is 53.6 Å². The lowest BCUT2D eigenvalue weighted by molar-refractivity contribution is 0.259. The van der Waals surface area contributed by atoms with Crippen LogP contribution in [0.5, 0.6) is 11.5 Å². The van der Waals surface area contributed by atoms with Gasteiger partial charge in [0.2, 0.25) is 0 Å². The molecule has 3 unspecified atom stereocenters. The average Bonchev–Trinajstić information content (AvgIpc) is 3.81. The average molecular weight is 461 g/mol. The molecule has 0 amide bonds. The van der Waals surface area contributed by atoms with Crippen molar-refractivity contribution in [3.63, 3.8) is 0 Å². The van der Waals surface area contributed by atoms with Crippen LogP contribution in [0.1, 0.15) is 67.6 Å². The number of ether oxygens (including phenoxy) is 4. The molecule has 3 aliphatic rings. The Morgan fingerprint density at radius 3 is 1.97 bits per heavy atom. The van der Waals surface area contributed by atoms with Crippen LogP contribution in [-0.2, 0) is 9.47 Å². The fourth-order valence-corrected chi connectivity index (χ4v) is 4.69. The Morgan fingerprint density at radius 2 is 1.38 bits per heavy atom. The molecular formula is C30H36O4. The second kappa shape index (κ2) is 10.8. The number of allylic oxidation sites excluding steroid dienone is 4. The molecule has 0 saturated carbocycles. The molecule has 2 heterocycles. The van der Waals surface area contributed by atoms with Crippen LogP contribution in [0.25, 0.3) is 0 Å². The number of hydrogen-bond donors (Lipinski definition) is 0. The highest BCUT2D eigenvalue weighted by atomic mass is 16.6. The van der Waals surface area contributed by atoms with Gasteiger partial charge in [0.1, 0.15) is 36.9 Å². The minimum absolute atomic E-state index is 0.271. The zero-order valence-electron chi connectivity index (χ0n) is 20.3. The van der Waals surface area contributed by atoms with E-state index in [-0.39, 0.29) is 18.1 Å². The molecule has 180 valence electrons. The highest BCUT2D eigenvalue weighted by Crippen LogP contribution is 2.37. The minimum atomic E-state index is 0.271. The number of epoxide rings is 2. The molecule has 4 nitrogen and oxygen atoms in total. The summed E-state index contributed by atoms with van der Waals surface area (Å²) in [6, 6.07) is 15.2. The van der Waals surface area contributed by atoms with Gasteiger partial charge in [-0.25, -0.2) is 0 Å². The van der Waals surface area contributed by atoms with E-state index < -0.39 is 0 Å². The Bertz CT molecular complexity index is 987. The largest absolute Gasteiger partial charge is 0.491 e. The van der Waals surface area contributed by atoms with E-state index in [0.717, 1.165) is 31.1 Å². The molecule has 34 heavy (non-hydrogen) atoms. The van der Waals surface area contributed by atoms with Gasteiger partial charge in [0.25, 0.3) is 0 Å². The normalized spacial score (nSPS) is 25.7. The highest BCUT2D eigenvalue weighted by Gasteiger charge is 2.25. The summed E-state index contributed by atoms with van der Waals surface area (Å²) in [6.45, 7) is 7.48. The molecule has 2 aromatic carbocycles. The summed E-state index contributed by atoms with van der Waals surface area (Å²) in [5.41, 5.74) is 3.96. The van der Waals surface area contributed by atoms with Crippen LogP contribution in [0.3, 0.4) is 0 Å². The van der Waals surface area contributed by atoms with Crippen LogP contribution in [0.15, 0.2) is 66.8 Å². The van der Waals surface area contributed by atoms with Crippen LogP contribution in [-0.4, -0.2) is 38.6 Å². The van der Waals surface area contributed by atoms with Gasteiger partial charge < -0.3 is 18.9 Å². The van der Waals surface area contributed by atoms with E-state index in [9.17, 15) is 0 Å². The van der Waals surface area contributed by atoms with E-state index in [0.29, 0.717) is 25.0 Å². The molecule has 2 fully saturated rings. The van der Waals surface area contributed by atoms with Gasteiger partial charge in [-0.3, -0.25) is 0 Å². The summed E-state index contributed by atoms with van der Waals surface area (Å²) in [5, 5.41) is 0. The van der Waals surface area contributed by atoms with Crippen molar-refractivity contribution in [2.75, 3.05) is 26.4 Å². The molecule has 5 rings (SSSR count). The van der Waals surface area contributed by atoms with Gasteiger partial charge in [-0.1, -0.05) is 68.8 Å². The Labute approximate surface area is 203 Å². The second-order valence-electron chi connectivity index (χ2n) is 9.61. The topological polar surface area (TPSA) is 43.5 Å². The smallest absolute Gasteiger partial charge is 0.122 e. The van der Waals surface area contributed by atoms with Gasteiger partial charge in [0, 0.05) is 11.8 Å².